The summed E-state index contributed by atoms with van der Waals surface area (Å²) in [7, 11) is -1.51. The van der Waals surface area contributed by atoms with Crippen LogP contribution in [-0.4, -0.2) is 41.6 Å². The molecule has 3 rings (SSSR count). The molecule has 2 aromatic carbocycles. The highest BCUT2D eigenvalue weighted by molar-refractivity contribution is 6.43. The third-order valence-corrected chi connectivity index (χ3v) is 6.46. The van der Waals surface area contributed by atoms with Gasteiger partial charge in [0, 0.05) is 23.8 Å². The smallest absolute Gasteiger partial charge is 0.427 e. The van der Waals surface area contributed by atoms with E-state index in [4.69, 9.17) is 23.2 Å². The average Bonchev–Trinajstić information content (AvgIpc) is 2.74. The summed E-state index contributed by atoms with van der Waals surface area (Å²) >= 11 is 12.1. The Kier molecular flexibility index (Phi) is 8.99. The summed E-state index contributed by atoms with van der Waals surface area (Å²) in [5.41, 5.74) is 1.05. The molecule has 0 aromatic heterocycles. The maximum Gasteiger partial charge on any atom is 0.456 e. The average molecular weight is 477 g/mol. The van der Waals surface area contributed by atoms with E-state index in [1.54, 1.807) is 6.07 Å². The Morgan fingerprint density at radius 1 is 1.09 bits per heavy atom. The van der Waals surface area contributed by atoms with Crippen molar-refractivity contribution in [3.63, 3.8) is 0 Å². The fourth-order valence-corrected chi connectivity index (χ4v) is 4.16. The SMILES string of the molecule is O=C(N[C@@H](Cc1ccccc1)C(=O)NCC(CC1CCC1)B(O)O)c1cc(Cl)ccc1Cl. The first-order valence-electron chi connectivity index (χ1n) is 10.8. The van der Waals surface area contributed by atoms with Crippen molar-refractivity contribution in [2.75, 3.05) is 6.54 Å². The lowest BCUT2D eigenvalue weighted by Gasteiger charge is -2.29. The molecule has 0 spiro atoms. The van der Waals surface area contributed by atoms with Gasteiger partial charge in [-0.2, -0.15) is 0 Å². The molecule has 1 fully saturated rings. The topological polar surface area (TPSA) is 98.7 Å². The molecule has 4 N–H and O–H groups in total. The van der Waals surface area contributed by atoms with Crippen LogP contribution in [-0.2, 0) is 11.2 Å². The maximum absolute atomic E-state index is 13.0. The van der Waals surface area contributed by atoms with Gasteiger partial charge in [-0.05, 0) is 36.1 Å². The van der Waals surface area contributed by atoms with Gasteiger partial charge < -0.3 is 20.7 Å². The van der Waals surface area contributed by atoms with Gasteiger partial charge in [0.05, 0.1) is 10.6 Å². The molecule has 2 amide bonds. The first-order valence-corrected chi connectivity index (χ1v) is 11.5. The molecular weight excluding hydrogens is 450 g/mol. The lowest BCUT2D eigenvalue weighted by Crippen LogP contribution is -2.49. The van der Waals surface area contributed by atoms with E-state index in [9.17, 15) is 19.6 Å². The number of benzene rings is 2. The van der Waals surface area contributed by atoms with E-state index in [0.29, 0.717) is 17.4 Å². The number of carbonyl (C=O) groups excluding carboxylic acids is 2. The molecule has 1 unspecified atom stereocenters. The van der Waals surface area contributed by atoms with E-state index in [2.05, 4.69) is 10.6 Å². The van der Waals surface area contributed by atoms with Crippen LogP contribution in [0.3, 0.4) is 0 Å². The third-order valence-electron chi connectivity index (χ3n) is 5.90. The van der Waals surface area contributed by atoms with Gasteiger partial charge in [0.2, 0.25) is 5.91 Å². The third kappa shape index (κ3) is 6.97. The zero-order valence-electron chi connectivity index (χ0n) is 17.6. The highest BCUT2D eigenvalue weighted by Gasteiger charge is 2.31. The number of carbonyl (C=O) groups is 2. The zero-order valence-corrected chi connectivity index (χ0v) is 19.1. The van der Waals surface area contributed by atoms with E-state index >= 15 is 0 Å². The van der Waals surface area contributed by atoms with Crippen molar-refractivity contribution in [2.45, 2.75) is 44.0 Å². The standard InChI is InChI=1S/C23H27BCl2N2O4/c25-18-9-10-20(26)19(13-18)22(29)28-21(12-16-5-2-1-3-6-16)23(30)27-14-17(24(31)32)11-15-7-4-8-15/h1-3,5-6,9-10,13,15,17,21,31-32H,4,7-8,11-12,14H2,(H,27,30)(H,28,29)/t17?,21-/m0/s1. The Morgan fingerprint density at radius 2 is 1.81 bits per heavy atom. The van der Waals surface area contributed by atoms with E-state index in [0.717, 1.165) is 24.8 Å². The minimum absolute atomic E-state index is 0.117. The summed E-state index contributed by atoms with van der Waals surface area (Å²) in [6.45, 7) is 0.117. The van der Waals surface area contributed by atoms with Crippen molar-refractivity contribution in [1.82, 2.24) is 10.6 Å². The Morgan fingerprint density at radius 3 is 2.44 bits per heavy atom. The quantitative estimate of drug-likeness (QED) is 0.394. The summed E-state index contributed by atoms with van der Waals surface area (Å²) in [6, 6.07) is 13.0. The molecule has 170 valence electrons. The van der Waals surface area contributed by atoms with Crippen LogP contribution in [0.4, 0.5) is 0 Å². The zero-order chi connectivity index (χ0) is 23.1. The summed E-state index contributed by atoms with van der Waals surface area (Å²) in [5, 5.41) is 25.6. The van der Waals surface area contributed by atoms with Gasteiger partial charge in [-0.3, -0.25) is 9.59 Å². The predicted molar refractivity (Wildman–Crippen MR) is 127 cm³/mol. The molecule has 1 aliphatic carbocycles. The second-order valence-electron chi connectivity index (χ2n) is 8.29. The number of amides is 2. The highest BCUT2D eigenvalue weighted by Crippen LogP contribution is 2.34. The molecule has 0 saturated heterocycles. The molecule has 0 bridgehead atoms. The summed E-state index contributed by atoms with van der Waals surface area (Å²) in [4.78, 5) is 25.9. The predicted octanol–water partition coefficient (Wildman–Crippen LogP) is 3.48. The van der Waals surface area contributed by atoms with Crippen LogP contribution in [0.15, 0.2) is 48.5 Å². The Balaban J connectivity index is 1.70. The molecule has 2 aromatic rings. The number of nitrogens with one attached hydrogen (secondary N) is 2. The lowest BCUT2D eigenvalue weighted by atomic mass is 9.65. The van der Waals surface area contributed by atoms with Gasteiger partial charge in [-0.1, -0.05) is 72.8 Å². The van der Waals surface area contributed by atoms with Crippen molar-refractivity contribution in [1.29, 1.82) is 0 Å². The second-order valence-corrected chi connectivity index (χ2v) is 9.14. The van der Waals surface area contributed by atoms with Gasteiger partial charge in [0.15, 0.2) is 0 Å². The maximum atomic E-state index is 13.0. The Hall–Kier alpha value is -2.06. The van der Waals surface area contributed by atoms with Crippen molar-refractivity contribution >= 4 is 42.1 Å². The molecule has 1 saturated carbocycles. The molecule has 9 heteroatoms. The molecule has 1 aliphatic rings. The van der Waals surface area contributed by atoms with Crippen LogP contribution in [0.25, 0.3) is 0 Å². The van der Waals surface area contributed by atoms with Crippen LogP contribution in [0.5, 0.6) is 0 Å². The minimum Gasteiger partial charge on any atom is -0.427 e. The van der Waals surface area contributed by atoms with Crippen LogP contribution in [0.2, 0.25) is 15.9 Å². The fourth-order valence-electron chi connectivity index (χ4n) is 3.79. The monoisotopic (exact) mass is 476 g/mol. The molecule has 0 heterocycles. The fraction of sp³-hybridized carbons (Fsp3) is 0.391. The van der Waals surface area contributed by atoms with Crippen molar-refractivity contribution in [2.24, 2.45) is 5.92 Å². The van der Waals surface area contributed by atoms with Crippen LogP contribution in [0.1, 0.15) is 41.6 Å². The van der Waals surface area contributed by atoms with Crippen molar-refractivity contribution in [3.05, 3.63) is 69.7 Å². The van der Waals surface area contributed by atoms with Crippen LogP contribution >= 0.6 is 23.2 Å². The van der Waals surface area contributed by atoms with Gasteiger partial charge >= 0.3 is 7.12 Å². The van der Waals surface area contributed by atoms with E-state index in [1.807, 2.05) is 30.3 Å². The Bertz CT molecular complexity index is 925. The Labute approximate surface area is 198 Å². The van der Waals surface area contributed by atoms with Crippen molar-refractivity contribution < 1.29 is 19.6 Å². The number of hydrogen-bond acceptors (Lipinski definition) is 4. The van der Waals surface area contributed by atoms with E-state index in [1.165, 1.54) is 12.1 Å². The molecule has 32 heavy (non-hydrogen) atoms. The number of hydrogen-bond donors (Lipinski definition) is 4. The van der Waals surface area contributed by atoms with Crippen LogP contribution < -0.4 is 10.6 Å². The first kappa shape index (κ1) is 24.6. The normalized spacial score (nSPS) is 15.4. The largest absolute Gasteiger partial charge is 0.456 e. The summed E-state index contributed by atoms with van der Waals surface area (Å²) in [6.07, 6.45) is 4.22. The first-order chi connectivity index (χ1) is 15.3. The summed E-state index contributed by atoms with van der Waals surface area (Å²) in [5.74, 6) is -0.912. The highest BCUT2D eigenvalue weighted by atomic mass is 35.5. The van der Waals surface area contributed by atoms with Gasteiger partial charge in [0.1, 0.15) is 6.04 Å². The number of rotatable bonds is 10. The molecule has 0 radical (unpaired) electrons. The van der Waals surface area contributed by atoms with Gasteiger partial charge in [0.25, 0.3) is 5.91 Å². The molecule has 6 nitrogen and oxygen atoms in total. The number of halogens is 2. The lowest BCUT2D eigenvalue weighted by molar-refractivity contribution is -0.123. The van der Waals surface area contributed by atoms with Crippen molar-refractivity contribution in [3.8, 4) is 0 Å². The molecular formula is C23H27BCl2N2O4. The second kappa shape index (κ2) is 11.7. The molecule has 0 aliphatic heterocycles. The minimum atomic E-state index is -1.51. The molecule has 2 atom stereocenters. The van der Waals surface area contributed by atoms with Gasteiger partial charge in [-0.15, -0.1) is 0 Å². The van der Waals surface area contributed by atoms with E-state index < -0.39 is 30.8 Å². The van der Waals surface area contributed by atoms with Crippen LogP contribution in [0, 0.1) is 5.92 Å². The summed E-state index contributed by atoms with van der Waals surface area (Å²) < 4.78 is 0. The van der Waals surface area contributed by atoms with E-state index in [-0.39, 0.29) is 23.6 Å². The van der Waals surface area contributed by atoms with Gasteiger partial charge in [-0.25, -0.2) is 0 Å².